The average molecular weight is 341 g/mol. The minimum absolute atomic E-state index is 0.256. The molecule has 2 atom stereocenters. The van der Waals surface area contributed by atoms with Crippen molar-refractivity contribution in [3.05, 3.63) is 35.4 Å². The van der Waals surface area contributed by atoms with Crippen LogP contribution in [-0.4, -0.2) is 43.5 Å². The smallest absolute Gasteiger partial charge is 0.223 e. The first kappa shape index (κ1) is 17.0. The van der Waals surface area contributed by atoms with Crippen molar-refractivity contribution in [2.24, 2.45) is 11.3 Å². The number of rotatable bonds is 5. The lowest BCUT2D eigenvalue weighted by atomic mass is 9.91. The molecular formula is C21H31N3O. The van der Waals surface area contributed by atoms with Crippen molar-refractivity contribution in [1.29, 1.82) is 0 Å². The Bertz CT molecular complexity index is 600. The molecule has 3 aliphatic rings. The van der Waals surface area contributed by atoms with Gasteiger partial charge in [-0.05, 0) is 76.2 Å². The van der Waals surface area contributed by atoms with Crippen molar-refractivity contribution < 1.29 is 4.79 Å². The molecule has 3 fully saturated rings. The molecule has 136 valence electrons. The highest BCUT2D eigenvalue weighted by Gasteiger charge is 2.57. The molecule has 1 aliphatic carbocycles. The van der Waals surface area contributed by atoms with Crippen LogP contribution in [0.3, 0.4) is 0 Å². The first-order chi connectivity index (χ1) is 12.2. The second kappa shape index (κ2) is 7.08. The maximum Gasteiger partial charge on any atom is 0.223 e. The number of aryl methyl sites for hydroxylation is 1. The van der Waals surface area contributed by atoms with E-state index in [0.717, 1.165) is 39.1 Å². The Kier molecular flexibility index (Phi) is 4.83. The molecule has 1 saturated carbocycles. The Morgan fingerprint density at radius 2 is 1.92 bits per heavy atom. The van der Waals surface area contributed by atoms with Crippen LogP contribution in [0.15, 0.2) is 24.3 Å². The van der Waals surface area contributed by atoms with Gasteiger partial charge in [0.05, 0.1) is 6.04 Å². The van der Waals surface area contributed by atoms with E-state index in [-0.39, 0.29) is 5.92 Å². The molecule has 2 unspecified atom stereocenters. The van der Waals surface area contributed by atoms with E-state index in [0.29, 0.717) is 17.4 Å². The lowest BCUT2D eigenvalue weighted by molar-refractivity contribution is -0.123. The highest BCUT2D eigenvalue weighted by atomic mass is 16.2. The Morgan fingerprint density at radius 3 is 2.60 bits per heavy atom. The molecule has 2 N–H and O–H groups in total. The highest BCUT2D eigenvalue weighted by molar-refractivity contribution is 5.82. The summed E-state index contributed by atoms with van der Waals surface area (Å²) in [4.78, 5) is 15.3. The first-order valence-corrected chi connectivity index (χ1v) is 9.97. The predicted octanol–water partition coefficient (Wildman–Crippen LogP) is 2.64. The third-order valence-electron chi connectivity index (χ3n) is 6.62. The Balaban J connectivity index is 1.39. The fraction of sp³-hybridized carbons (Fsp3) is 0.667. The Labute approximate surface area is 151 Å². The van der Waals surface area contributed by atoms with E-state index >= 15 is 0 Å². The molecule has 1 aromatic carbocycles. The molecule has 4 heteroatoms. The summed E-state index contributed by atoms with van der Waals surface area (Å²) in [5.74, 6) is 0.546. The monoisotopic (exact) mass is 341 g/mol. The summed E-state index contributed by atoms with van der Waals surface area (Å²) in [6.07, 6.45) is 5.97. The van der Waals surface area contributed by atoms with Crippen molar-refractivity contribution in [1.82, 2.24) is 15.5 Å². The van der Waals surface area contributed by atoms with Crippen molar-refractivity contribution >= 4 is 5.91 Å². The highest BCUT2D eigenvalue weighted by Crippen LogP contribution is 2.58. The van der Waals surface area contributed by atoms with E-state index < -0.39 is 0 Å². The fourth-order valence-corrected chi connectivity index (χ4v) is 4.82. The molecular weight excluding hydrogens is 310 g/mol. The van der Waals surface area contributed by atoms with E-state index in [1.807, 2.05) is 0 Å². The Hall–Kier alpha value is -1.39. The summed E-state index contributed by atoms with van der Waals surface area (Å²) in [7, 11) is 0. The molecule has 0 bridgehead atoms. The van der Waals surface area contributed by atoms with Crippen LogP contribution in [0, 0.1) is 18.3 Å². The van der Waals surface area contributed by atoms with Crippen LogP contribution in [0.25, 0.3) is 0 Å². The molecule has 1 amide bonds. The molecule has 1 aromatic rings. The van der Waals surface area contributed by atoms with E-state index in [2.05, 4.69) is 46.7 Å². The predicted molar refractivity (Wildman–Crippen MR) is 100 cm³/mol. The van der Waals surface area contributed by atoms with Gasteiger partial charge in [0.1, 0.15) is 0 Å². The van der Waals surface area contributed by atoms with Gasteiger partial charge in [0.25, 0.3) is 0 Å². The topological polar surface area (TPSA) is 44.4 Å². The van der Waals surface area contributed by atoms with Gasteiger partial charge in [0, 0.05) is 12.5 Å². The van der Waals surface area contributed by atoms with Gasteiger partial charge < -0.3 is 10.6 Å². The number of likely N-dealkylation sites (tertiary alicyclic amines) is 1. The number of benzene rings is 1. The van der Waals surface area contributed by atoms with Gasteiger partial charge in [-0.1, -0.05) is 29.8 Å². The maximum absolute atomic E-state index is 12.7. The van der Waals surface area contributed by atoms with Gasteiger partial charge >= 0.3 is 0 Å². The normalized spacial score (nSPS) is 26.5. The van der Waals surface area contributed by atoms with Gasteiger partial charge in [-0.25, -0.2) is 0 Å². The number of piperidine rings is 1. The third kappa shape index (κ3) is 3.61. The zero-order valence-electron chi connectivity index (χ0n) is 15.4. The van der Waals surface area contributed by atoms with Crippen LogP contribution >= 0.6 is 0 Å². The summed E-state index contributed by atoms with van der Waals surface area (Å²) >= 11 is 0. The zero-order chi connectivity index (χ0) is 17.3. The quantitative estimate of drug-likeness (QED) is 0.865. The summed E-state index contributed by atoms with van der Waals surface area (Å²) in [6, 6.07) is 9.15. The maximum atomic E-state index is 12.7. The SMILES string of the molecule is Cc1ccc(C(CNC(=O)C2CC23CCNCC3)N2CCCC2)cc1. The summed E-state index contributed by atoms with van der Waals surface area (Å²) in [5, 5.41) is 6.72. The van der Waals surface area contributed by atoms with Gasteiger partial charge in [-0.15, -0.1) is 0 Å². The van der Waals surface area contributed by atoms with Gasteiger partial charge in [0.2, 0.25) is 5.91 Å². The number of hydrogen-bond acceptors (Lipinski definition) is 3. The molecule has 2 aliphatic heterocycles. The minimum Gasteiger partial charge on any atom is -0.354 e. The number of amides is 1. The molecule has 2 saturated heterocycles. The van der Waals surface area contributed by atoms with E-state index in [1.165, 1.54) is 36.8 Å². The van der Waals surface area contributed by atoms with Crippen molar-refractivity contribution in [2.75, 3.05) is 32.7 Å². The fourth-order valence-electron chi connectivity index (χ4n) is 4.82. The van der Waals surface area contributed by atoms with Crippen molar-refractivity contribution in [2.45, 2.75) is 45.1 Å². The van der Waals surface area contributed by atoms with Crippen LogP contribution < -0.4 is 10.6 Å². The van der Waals surface area contributed by atoms with Crippen LogP contribution in [0.5, 0.6) is 0 Å². The second-order valence-electron chi connectivity index (χ2n) is 8.28. The minimum atomic E-state index is 0.256. The number of hydrogen-bond donors (Lipinski definition) is 2. The first-order valence-electron chi connectivity index (χ1n) is 9.97. The van der Waals surface area contributed by atoms with E-state index in [9.17, 15) is 4.79 Å². The van der Waals surface area contributed by atoms with Crippen molar-refractivity contribution in [3.63, 3.8) is 0 Å². The summed E-state index contributed by atoms with van der Waals surface area (Å²) in [5.41, 5.74) is 2.95. The van der Waals surface area contributed by atoms with Crippen LogP contribution in [0.4, 0.5) is 0 Å². The molecule has 0 radical (unpaired) electrons. The molecule has 1 spiro atoms. The molecule has 4 nitrogen and oxygen atoms in total. The van der Waals surface area contributed by atoms with E-state index in [1.54, 1.807) is 0 Å². The standard InChI is InChI=1S/C21H31N3O/c1-16-4-6-17(7-5-16)19(24-12-2-3-13-24)15-23-20(25)18-14-21(18)8-10-22-11-9-21/h4-7,18-19,22H,2-3,8-15H2,1H3,(H,23,25). The molecule has 0 aromatic heterocycles. The lowest BCUT2D eigenvalue weighted by Crippen LogP contribution is -2.39. The molecule has 25 heavy (non-hydrogen) atoms. The van der Waals surface area contributed by atoms with Crippen LogP contribution in [0.1, 0.15) is 49.3 Å². The second-order valence-corrected chi connectivity index (χ2v) is 8.28. The van der Waals surface area contributed by atoms with Gasteiger partial charge in [0.15, 0.2) is 0 Å². The van der Waals surface area contributed by atoms with E-state index in [4.69, 9.17) is 0 Å². The van der Waals surface area contributed by atoms with Crippen LogP contribution in [-0.2, 0) is 4.79 Å². The average Bonchev–Trinajstić information content (AvgIpc) is 3.06. The number of nitrogens with zero attached hydrogens (tertiary/aromatic N) is 1. The largest absolute Gasteiger partial charge is 0.354 e. The van der Waals surface area contributed by atoms with Gasteiger partial charge in [-0.2, -0.15) is 0 Å². The summed E-state index contributed by atoms with van der Waals surface area (Å²) < 4.78 is 0. The molecule has 4 rings (SSSR count). The Morgan fingerprint density at radius 1 is 1.24 bits per heavy atom. The zero-order valence-corrected chi connectivity index (χ0v) is 15.4. The summed E-state index contributed by atoms with van der Waals surface area (Å²) in [6.45, 7) is 7.31. The molecule has 2 heterocycles. The lowest BCUT2D eigenvalue weighted by Gasteiger charge is -2.29. The number of nitrogens with one attached hydrogen (secondary N) is 2. The number of carbonyl (C=O) groups is 1. The van der Waals surface area contributed by atoms with Crippen molar-refractivity contribution in [3.8, 4) is 0 Å². The van der Waals surface area contributed by atoms with Crippen LogP contribution in [0.2, 0.25) is 0 Å². The third-order valence-corrected chi connectivity index (χ3v) is 6.62. The van der Waals surface area contributed by atoms with Gasteiger partial charge in [-0.3, -0.25) is 9.69 Å². The number of carbonyl (C=O) groups excluding carboxylic acids is 1.